The number of aromatic nitrogens is 2. The van der Waals surface area contributed by atoms with Gasteiger partial charge in [0.25, 0.3) is 5.91 Å². The molecule has 1 amide bonds. The number of para-hydroxylation sites is 1. The lowest BCUT2D eigenvalue weighted by Gasteiger charge is -2.24. The van der Waals surface area contributed by atoms with Crippen molar-refractivity contribution < 1.29 is 22.4 Å². The van der Waals surface area contributed by atoms with E-state index in [1.54, 1.807) is 24.3 Å². The summed E-state index contributed by atoms with van der Waals surface area (Å²) in [6.07, 6.45) is 0.718. The summed E-state index contributed by atoms with van der Waals surface area (Å²) in [6, 6.07) is 7.13. The summed E-state index contributed by atoms with van der Waals surface area (Å²) in [7, 11) is 0. The lowest BCUT2D eigenvalue weighted by Crippen LogP contribution is -2.24. The third kappa shape index (κ3) is 3.69. The Morgan fingerprint density at radius 3 is 2.73 bits per heavy atom. The molecule has 1 unspecified atom stereocenters. The zero-order valence-electron chi connectivity index (χ0n) is 16.2. The third-order valence-electron chi connectivity index (χ3n) is 5.59. The first kappa shape index (κ1) is 20.1. The largest absolute Gasteiger partial charge is 0.448 e. The van der Waals surface area contributed by atoms with Gasteiger partial charge in [-0.3, -0.25) is 9.78 Å². The number of carbonyl (C=O) groups excluding carboxylic acids is 1. The molecule has 1 aliphatic carbocycles. The fourth-order valence-corrected chi connectivity index (χ4v) is 3.94. The van der Waals surface area contributed by atoms with E-state index in [0.717, 1.165) is 11.1 Å². The number of allylic oxidation sites excluding steroid dienone is 2. The third-order valence-corrected chi connectivity index (χ3v) is 5.59. The monoisotopic (exact) mass is 415 g/mol. The van der Waals surface area contributed by atoms with E-state index in [0.29, 0.717) is 28.9 Å². The van der Waals surface area contributed by atoms with Crippen molar-refractivity contribution in [2.75, 3.05) is 0 Å². The van der Waals surface area contributed by atoms with Gasteiger partial charge in [0.2, 0.25) is 5.89 Å². The van der Waals surface area contributed by atoms with Crippen molar-refractivity contribution in [1.82, 2.24) is 9.97 Å². The SMILES string of the molecule is C[C@@H](c1ncco1)c1nc2c(C3=CCC(C(F)(F)F)CC3)cccc2cc1C(N)=O. The molecule has 8 heteroatoms. The number of hydrogen-bond donors (Lipinski definition) is 1. The maximum Gasteiger partial charge on any atom is 0.392 e. The van der Waals surface area contributed by atoms with Crippen LogP contribution in [0.25, 0.3) is 16.5 Å². The summed E-state index contributed by atoms with van der Waals surface area (Å²) in [5, 5.41) is 0.698. The molecule has 1 aliphatic rings. The quantitative estimate of drug-likeness (QED) is 0.633. The second-order valence-corrected chi connectivity index (χ2v) is 7.50. The van der Waals surface area contributed by atoms with Gasteiger partial charge in [0, 0.05) is 10.9 Å². The number of alkyl halides is 3. The van der Waals surface area contributed by atoms with Crippen LogP contribution in [-0.4, -0.2) is 22.1 Å². The molecule has 0 fully saturated rings. The molecule has 1 aromatic carbocycles. The molecule has 0 spiro atoms. The smallest absolute Gasteiger partial charge is 0.392 e. The van der Waals surface area contributed by atoms with Crippen LogP contribution in [0.3, 0.4) is 0 Å². The molecular weight excluding hydrogens is 395 g/mol. The van der Waals surface area contributed by atoms with E-state index in [-0.39, 0.29) is 18.4 Å². The van der Waals surface area contributed by atoms with Gasteiger partial charge in [-0.05, 0) is 37.8 Å². The van der Waals surface area contributed by atoms with Crippen molar-refractivity contribution >= 4 is 22.4 Å². The molecule has 0 saturated heterocycles. The Hall–Kier alpha value is -3.16. The van der Waals surface area contributed by atoms with E-state index in [1.807, 2.05) is 13.0 Å². The van der Waals surface area contributed by atoms with Gasteiger partial charge in [-0.25, -0.2) is 4.98 Å². The van der Waals surface area contributed by atoms with Crippen molar-refractivity contribution in [3.05, 3.63) is 65.5 Å². The van der Waals surface area contributed by atoms with Crippen molar-refractivity contribution in [3.8, 4) is 0 Å². The number of pyridine rings is 1. The van der Waals surface area contributed by atoms with Gasteiger partial charge in [0.1, 0.15) is 6.26 Å². The van der Waals surface area contributed by atoms with Gasteiger partial charge in [-0.15, -0.1) is 0 Å². The minimum absolute atomic E-state index is 0.0463. The van der Waals surface area contributed by atoms with Crippen molar-refractivity contribution in [2.45, 2.75) is 38.3 Å². The van der Waals surface area contributed by atoms with Crippen molar-refractivity contribution in [3.63, 3.8) is 0 Å². The van der Waals surface area contributed by atoms with E-state index < -0.39 is 23.9 Å². The standard InChI is InChI=1S/C22H20F3N3O2/c1-12(21-27-9-10-30-21)18-17(20(26)29)11-14-3-2-4-16(19(14)28-18)13-5-7-15(8-6-13)22(23,24)25/h2-5,9-12,15H,6-8H2,1H3,(H2,26,29)/t12-,15?/m1/s1. The highest BCUT2D eigenvalue weighted by Crippen LogP contribution is 2.41. The van der Waals surface area contributed by atoms with Gasteiger partial charge < -0.3 is 10.2 Å². The number of fused-ring (bicyclic) bond motifs is 1. The molecule has 0 aliphatic heterocycles. The molecule has 2 heterocycles. The van der Waals surface area contributed by atoms with Crippen LogP contribution in [0.5, 0.6) is 0 Å². The fourth-order valence-electron chi connectivity index (χ4n) is 3.94. The summed E-state index contributed by atoms with van der Waals surface area (Å²) in [5.74, 6) is -1.96. The van der Waals surface area contributed by atoms with E-state index in [4.69, 9.17) is 15.1 Å². The Balaban J connectivity index is 1.82. The Kier molecular flexibility index (Phi) is 5.09. The van der Waals surface area contributed by atoms with Gasteiger partial charge in [0.15, 0.2) is 0 Å². The van der Waals surface area contributed by atoms with Gasteiger partial charge >= 0.3 is 6.18 Å². The minimum atomic E-state index is -4.19. The Labute approximate surface area is 170 Å². The summed E-state index contributed by atoms with van der Waals surface area (Å²) in [6.45, 7) is 1.81. The van der Waals surface area contributed by atoms with Crippen LogP contribution in [-0.2, 0) is 0 Å². The van der Waals surface area contributed by atoms with Crippen molar-refractivity contribution in [2.24, 2.45) is 11.7 Å². The number of rotatable bonds is 4. The molecule has 5 nitrogen and oxygen atoms in total. The maximum atomic E-state index is 13.0. The van der Waals surface area contributed by atoms with Crippen molar-refractivity contribution in [1.29, 1.82) is 0 Å². The highest BCUT2D eigenvalue weighted by Gasteiger charge is 2.39. The Morgan fingerprint density at radius 2 is 2.13 bits per heavy atom. The first-order valence-corrected chi connectivity index (χ1v) is 9.64. The second-order valence-electron chi connectivity index (χ2n) is 7.50. The van der Waals surface area contributed by atoms with E-state index >= 15 is 0 Å². The molecular formula is C22H20F3N3O2. The zero-order valence-corrected chi connectivity index (χ0v) is 16.2. The first-order valence-electron chi connectivity index (χ1n) is 9.64. The first-order chi connectivity index (χ1) is 14.3. The van der Waals surface area contributed by atoms with Crippen LogP contribution in [0.1, 0.15) is 59.6 Å². The average molecular weight is 415 g/mol. The topological polar surface area (TPSA) is 82.0 Å². The van der Waals surface area contributed by atoms with Crippen LogP contribution >= 0.6 is 0 Å². The molecule has 2 N–H and O–H groups in total. The second kappa shape index (κ2) is 7.59. The van der Waals surface area contributed by atoms with Crippen LogP contribution in [0.2, 0.25) is 0 Å². The maximum absolute atomic E-state index is 13.0. The van der Waals surface area contributed by atoms with Gasteiger partial charge in [-0.2, -0.15) is 13.2 Å². The van der Waals surface area contributed by atoms with E-state index in [9.17, 15) is 18.0 Å². The lowest BCUT2D eigenvalue weighted by atomic mass is 9.85. The summed E-state index contributed by atoms with van der Waals surface area (Å²) < 4.78 is 44.4. The van der Waals surface area contributed by atoms with Crippen LogP contribution in [0, 0.1) is 5.92 Å². The number of oxazole rings is 1. The number of nitrogens with two attached hydrogens (primary N) is 1. The number of carbonyl (C=O) groups is 1. The number of nitrogens with zero attached hydrogens (tertiary/aromatic N) is 2. The average Bonchev–Trinajstić information content (AvgIpc) is 3.26. The molecule has 30 heavy (non-hydrogen) atoms. The lowest BCUT2D eigenvalue weighted by molar-refractivity contribution is -0.175. The van der Waals surface area contributed by atoms with E-state index in [1.165, 1.54) is 12.5 Å². The van der Waals surface area contributed by atoms with Gasteiger partial charge in [0.05, 0.1) is 34.8 Å². The predicted molar refractivity (Wildman–Crippen MR) is 106 cm³/mol. The zero-order chi connectivity index (χ0) is 21.5. The summed E-state index contributed by atoms with van der Waals surface area (Å²) in [4.78, 5) is 20.9. The molecule has 0 bridgehead atoms. The van der Waals surface area contributed by atoms with Crippen LogP contribution in [0.4, 0.5) is 13.2 Å². The molecule has 4 rings (SSSR count). The summed E-state index contributed by atoms with van der Waals surface area (Å²) in [5.41, 5.74) is 8.49. The summed E-state index contributed by atoms with van der Waals surface area (Å²) >= 11 is 0. The molecule has 2 aromatic heterocycles. The normalized spacial score (nSPS) is 18.3. The number of amides is 1. The predicted octanol–water partition coefficient (Wildman–Crippen LogP) is 5.22. The molecule has 0 radical (unpaired) electrons. The number of hydrogen-bond acceptors (Lipinski definition) is 4. The van der Waals surface area contributed by atoms with Crippen LogP contribution < -0.4 is 5.73 Å². The number of benzene rings is 1. The fraction of sp³-hybridized carbons (Fsp3) is 0.318. The minimum Gasteiger partial charge on any atom is -0.448 e. The Morgan fingerprint density at radius 1 is 1.33 bits per heavy atom. The molecule has 3 aromatic rings. The Bertz CT molecular complexity index is 1120. The molecule has 2 atom stereocenters. The van der Waals surface area contributed by atoms with Crippen LogP contribution in [0.15, 0.2) is 47.2 Å². The number of primary amides is 1. The highest BCUT2D eigenvalue weighted by atomic mass is 19.4. The molecule has 156 valence electrons. The number of halogens is 3. The molecule has 0 saturated carbocycles. The highest BCUT2D eigenvalue weighted by molar-refractivity contribution is 6.00. The van der Waals surface area contributed by atoms with E-state index in [2.05, 4.69) is 4.98 Å². The van der Waals surface area contributed by atoms with Gasteiger partial charge in [-0.1, -0.05) is 24.3 Å².